The van der Waals surface area contributed by atoms with Crippen LogP contribution in [0.2, 0.25) is 5.02 Å². The molecule has 0 atom stereocenters. The molecule has 0 bridgehead atoms. The second-order valence-corrected chi connectivity index (χ2v) is 5.63. The maximum atomic E-state index is 12.7. The Bertz CT molecular complexity index is 614. The van der Waals surface area contributed by atoms with E-state index in [1.807, 2.05) is 0 Å². The van der Waals surface area contributed by atoms with Crippen molar-refractivity contribution in [2.24, 2.45) is 5.92 Å². The number of nitrogens with zero attached hydrogens (tertiary/aromatic N) is 1. The summed E-state index contributed by atoms with van der Waals surface area (Å²) < 4.78 is 38.1. The van der Waals surface area contributed by atoms with E-state index in [2.05, 4.69) is 5.32 Å². The Labute approximate surface area is 135 Å². The van der Waals surface area contributed by atoms with Crippen LogP contribution in [0, 0.1) is 5.92 Å². The average Bonchev–Trinajstić information content (AvgIpc) is 2.48. The standard InChI is InChI=1S/C14H14ClF3N2O3/c15-10-2-1-9(14(16,17)18)7-11(10)19-13(23)20-5-3-8(4-6-20)12(21)22/h1-2,7-8H,3-6H2,(H,19,23)(H,21,22). The van der Waals surface area contributed by atoms with Crippen LogP contribution in [0.5, 0.6) is 0 Å². The van der Waals surface area contributed by atoms with Gasteiger partial charge in [-0.1, -0.05) is 11.6 Å². The average molecular weight is 351 g/mol. The highest BCUT2D eigenvalue weighted by Gasteiger charge is 2.32. The molecule has 126 valence electrons. The lowest BCUT2D eigenvalue weighted by molar-refractivity contribution is -0.143. The summed E-state index contributed by atoms with van der Waals surface area (Å²) in [5, 5.41) is 11.2. The number of amides is 2. The van der Waals surface area contributed by atoms with Crippen molar-refractivity contribution in [2.45, 2.75) is 19.0 Å². The van der Waals surface area contributed by atoms with Gasteiger partial charge in [-0.3, -0.25) is 4.79 Å². The third-order valence-corrected chi connectivity index (χ3v) is 4.00. The number of carboxylic acid groups (broad SMARTS) is 1. The van der Waals surface area contributed by atoms with Gasteiger partial charge in [0.1, 0.15) is 0 Å². The number of nitrogens with one attached hydrogen (secondary N) is 1. The van der Waals surface area contributed by atoms with Crippen LogP contribution in [-0.2, 0) is 11.0 Å². The number of halogens is 4. The number of carbonyl (C=O) groups excluding carboxylic acids is 1. The number of hydrogen-bond donors (Lipinski definition) is 2. The zero-order valence-electron chi connectivity index (χ0n) is 11.9. The van der Waals surface area contributed by atoms with Crippen molar-refractivity contribution in [3.8, 4) is 0 Å². The summed E-state index contributed by atoms with van der Waals surface area (Å²) in [7, 11) is 0. The predicted octanol–water partition coefficient (Wildman–Crippen LogP) is 3.69. The number of carboxylic acids is 1. The lowest BCUT2D eigenvalue weighted by Crippen LogP contribution is -2.42. The maximum absolute atomic E-state index is 12.7. The molecule has 1 fully saturated rings. The van der Waals surface area contributed by atoms with Crippen LogP contribution in [0.25, 0.3) is 0 Å². The van der Waals surface area contributed by atoms with E-state index in [0.717, 1.165) is 18.2 Å². The first-order valence-electron chi connectivity index (χ1n) is 6.84. The van der Waals surface area contributed by atoms with Crippen molar-refractivity contribution < 1.29 is 27.9 Å². The smallest absolute Gasteiger partial charge is 0.416 e. The van der Waals surface area contributed by atoms with E-state index < -0.39 is 29.7 Å². The highest BCUT2D eigenvalue weighted by Crippen LogP contribution is 2.34. The van der Waals surface area contributed by atoms with Gasteiger partial charge >= 0.3 is 18.2 Å². The molecule has 2 N–H and O–H groups in total. The molecule has 23 heavy (non-hydrogen) atoms. The van der Waals surface area contributed by atoms with E-state index in [9.17, 15) is 22.8 Å². The van der Waals surface area contributed by atoms with Crippen LogP contribution in [0.3, 0.4) is 0 Å². The van der Waals surface area contributed by atoms with Gasteiger partial charge in [-0.2, -0.15) is 13.2 Å². The van der Waals surface area contributed by atoms with Crippen molar-refractivity contribution in [1.82, 2.24) is 4.90 Å². The Morgan fingerprint density at radius 2 is 1.87 bits per heavy atom. The predicted molar refractivity (Wildman–Crippen MR) is 77.4 cm³/mol. The van der Waals surface area contributed by atoms with Gasteiger partial charge in [0.15, 0.2) is 0 Å². The Morgan fingerprint density at radius 1 is 1.26 bits per heavy atom. The summed E-state index contributed by atoms with van der Waals surface area (Å²) in [5.74, 6) is -1.41. The molecule has 1 aromatic carbocycles. The first-order chi connectivity index (χ1) is 10.7. The highest BCUT2D eigenvalue weighted by molar-refractivity contribution is 6.33. The SMILES string of the molecule is O=C(O)C1CCN(C(=O)Nc2cc(C(F)(F)F)ccc2Cl)CC1. The molecule has 0 unspecified atom stereocenters. The second-order valence-electron chi connectivity index (χ2n) is 5.22. The van der Waals surface area contributed by atoms with E-state index in [1.54, 1.807) is 0 Å². The molecule has 9 heteroatoms. The fourth-order valence-corrected chi connectivity index (χ4v) is 2.49. The van der Waals surface area contributed by atoms with Crippen LogP contribution in [0.4, 0.5) is 23.7 Å². The Morgan fingerprint density at radius 3 is 2.39 bits per heavy atom. The largest absolute Gasteiger partial charge is 0.481 e. The molecule has 2 rings (SSSR count). The van der Waals surface area contributed by atoms with Crippen molar-refractivity contribution in [2.75, 3.05) is 18.4 Å². The van der Waals surface area contributed by atoms with Gasteiger partial charge in [-0.15, -0.1) is 0 Å². The van der Waals surface area contributed by atoms with Crippen LogP contribution >= 0.6 is 11.6 Å². The van der Waals surface area contributed by atoms with E-state index >= 15 is 0 Å². The van der Waals surface area contributed by atoms with Gasteiger partial charge < -0.3 is 15.3 Å². The Kier molecular flexibility index (Phi) is 5.03. The molecule has 5 nitrogen and oxygen atoms in total. The Balaban J connectivity index is 2.05. The maximum Gasteiger partial charge on any atom is 0.416 e. The zero-order chi connectivity index (χ0) is 17.2. The molecule has 1 saturated heterocycles. The number of hydrogen-bond acceptors (Lipinski definition) is 2. The summed E-state index contributed by atoms with van der Waals surface area (Å²) in [5.41, 5.74) is -1.05. The molecule has 0 saturated carbocycles. The quantitative estimate of drug-likeness (QED) is 0.854. The lowest BCUT2D eigenvalue weighted by Gasteiger charge is -2.30. The van der Waals surface area contributed by atoms with Gasteiger partial charge in [-0.05, 0) is 31.0 Å². The molecule has 2 amide bonds. The summed E-state index contributed by atoms with van der Waals surface area (Å²) in [6, 6.07) is 2.06. The number of rotatable bonds is 2. The van der Waals surface area contributed by atoms with Gasteiger partial charge in [-0.25, -0.2) is 4.79 Å². The number of benzene rings is 1. The molecule has 0 aliphatic carbocycles. The van der Waals surface area contributed by atoms with Gasteiger partial charge in [0.2, 0.25) is 0 Å². The van der Waals surface area contributed by atoms with E-state index in [0.29, 0.717) is 12.8 Å². The molecule has 1 aliphatic heterocycles. The van der Waals surface area contributed by atoms with E-state index in [-0.39, 0.29) is 23.8 Å². The fourth-order valence-electron chi connectivity index (χ4n) is 2.32. The zero-order valence-corrected chi connectivity index (χ0v) is 12.6. The number of piperidine rings is 1. The van der Waals surface area contributed by atoms with Crippen molar-refractivity contribution in [3.63, 3.8) is 0 Å². The van der Waals surface area contributed by atoms with Crippen LogP contribution in [-0.4, -0.2) is 35.1 Å². The topological polar surface area (TPSA) is 69.6 Å². The van der Waals surface area contributed by atoms with Crippen LogP contribution in [0.1, 0.15) is 18.4 Å². The van der Waals surface area contributed by atoms with E-state index in [1.165, 1.54) is 4.90 Å². The number of aliphatic carboxylic acids is 1. The van der Waals surface area contributed by atoms with Gasteiger partial charge in [0.25, 0.3) is 0 Å². The molecule has 0 radical (unpaired) electrons. The number of likely N-dealkylation sites (tertiary alicyclic amines) is 1. The van der Waals surface area contributed by atoms with Crippen LogP contribution < -0.4 is 5.32 Å². The minimum absolute atomic E-state index is 0.00762. The molecular weight excluding hydrogens is 337 g/mol. The third-order valence-electron chi connectivity index (χ3n) is 3.67. The van der Waals surface area contributed by atoms with Crippen molar-refractivity contribution in [3.05, 3.63) is 28.8 Å². The normalized spacial score (nSPS) is 16.3. The lowest BCUT2D eigenvalue weighted by atomic mass is 9.97. The highest BCUT2D eigenvalue weighted by atomic mass is 35.5. The van der Waals surface area contributed by atoms with E-state index in [4.69, 9.17) is 16.7 Å². The van der Waals surface area contributed by atoms with Crippen LogP contribution in [0.15, 0.2) is 18.2 Å². The number of alkyl halides is 3. The summed E-state index contributed by atoms with van der Waals surface area (Å²) >= 11 is 5.82. The minimum Gasteiger partial charge on any atom is -0.481 e. The van der Waals surface area contributed by atoms with Gasteiger partial charge in [0, 0.05) is 13.1 Å². The first kappa shape index (κ1) is 17.4. The Hall–Kier alpha value is -1.96. The molecule has 0 aromatic heterocycles. The fraction of sp³-hybridized carbons (Fsp3) is 0.429. The van der Waals surface area contributed by atoms with Crippen molar-refractivity contribution in [1.29, 1.82) is 0 Å². The van der Waals surface area contributed by atoms with Gasteiger partial charge in [0.05, 0.1) is 22.2 Å². The summed E-state index contributed by atoms with van der Waals surface area (Å²) in [6.07, 6.45) is -3.93. The minimum atomic E-state index is -4.54. The number of carbonyl (C=O) groups is 2. The number of urea groups is 1. The molecule has 1 aliphatic rings. The summed E-state index contributed by atoms with van der Waals surface area (Å²) in [6.45, 7) is 0.443. The second kappa shape index (κ2) is 6.66. The van der Waals surface area contributed by atoms with Crippen molar-refractivity contribution >= 4 is 29.3 Å². The summed E-state index contributed by atoms with van der Waals surface area (Å²) in [4.78, 5) is 24.3. The first-order valence-corrected chi connectivity index (χ1v) is 7.22. The molecule has 1 aromatic rings. The monoisotopic (exact) mass is 350 g/mol. The molecule has 1 heterocycles. The third kappa shape index (κ3) is 4.28. The molecular formula is C14H14ClF3N2O3. The number of anilines is 1. The molecule has 0 spiro atoms.